The maximum absolute atomic E-state index is 14.2. The van der Waals surface area contributed by atoms with Crippen LogP contribution in [0.2, 0.25) is 0 Å². The zero-order chi connectivity index (χ0) is 24.4. The maximum Gasteiger partial charge on any atom is 0.337 e. The zero-order valence-electron chi connectivity index (χ0n) is 17.3. The zero-order valence-corrected chi connectivity index (χ0v) is 18.9. The average molecular weight is 497 g/mol. The van der Waals surface area contributed by atoms with Gasteiger partial charge >= 0.3 is 5.97 Å². The van der Waals surface area contributed by atoms with Crippen molar-refractivity contribution < 1.29 is 35.1 Å². The summed E-state index contributed by atoms with van der Waals surface area (Å²) in [5.41, 5.74) is -0.428. The summed E-state index contributed by atoms with van der Waals surface area (Å²) in [4.78, 5) is 10.5. The van der Waals surface area contributed by atoms with Crippen molar-refractivity contribution in [1.82, 2.24) is 0 Å². The molecule has 0 aliphatic heterocycles. The number of rotatable bonds is 7. The molecule has 0 aromatic heterocycles. The number of para-hydroxylation sites is 1. The third-order valence-electron chi connectivity index (χ3n) is 4.49. The number of anilines is 2. The molecule has 0 aliphatic rings. The highest BCUT2D eigenvalue weighted by atomic mass is 32.2. The second-order valence-corrected chi connectivity index (χ2v) is 10.1. The molecule has 0 unspecified atom stereocenters. The van der Waals surface area contributed by atoms with Crippen LogP contribution in [0.15, 0.2) is 70.5 Å². The molecule has 0 saturated heterocycles. The van der Waals surface area contributed by atoms with Gasteiger partial charge in [-0.3, -0.25) is 9.44 Å². The molecule has 3 aromatic carbocycles. The summed E-state index contributed by atoms with van der Waals surface area (Å²) in [5, 5.41) is 0. The van der Waals surface area contributed by atoms with E-state index in [0.717, 1.165) is 37.4 Å². The Balaban J connectivity index is 1.97. The van der Waals surface area contributed by atoms with Gasteiger partial charge in [0.1, 0.15) is 16.5 Å². The number of esters is 1. The first-order valence-electron chi connectivity index (χ1n) is 9.23. The minimum atomic E-state index is -4.56. The summed E-state index contributed by atoms with van der Waals surface area (Å²) in [6.07, 6.45) is 0. The van der Waals surface area contributed by atoms with Gasteiger partial charge in [0.15, 0.2) is 0 Å². The van der Waals surface area contributed by atoms with Crippen LogP contribution in [0.4, 0.5) is 20.2 Å². The Morgan fingerprint density at radius 1 is 0.818 bits per heavy atom. The van der Waals surface area contributed by atoms with Gasteiger partial charge < -0.3 is 4.74 Å². The number of aryl methyl sites for hydroxylation is 1. The molecule has 2 N–H and O–H groups in total. The Hall–Kier alpha value is -3.51. The van der Waals surface area contributed by atoms with E-state index in [2.05, 4.69) is 14.2 Å². The third kappa shape index (κ3) is 5.29. The first kappa shape index (κ1) is 24.1. The fourth-order valence-corrected chi connectivity index (χ4v) is 5.35. The van der Waals surface area contributed by atoms with Crippen molar-refractivity contribution in [3.63, 3.8) is 0 Å². The van der Waals surface area contributed by atoms with E-state index in [1.165, 1.54) is 37.3 Å². The molecule has 174 valence electrons. The molecule has 0 fully saturated rings. The Labute approximate surface area is 189 Å². The first-order chi connectivity index (χ1) is 15.4. The molecule has 0 atom stereocenters. The van der Waals surface area contributed by atoms with Crippen LogP contribution in [0.25, 0.3) is 0 Å². The topological polar surface area (TPSA) is 119 Å². The van der Waals surface area contributed by atoms with E-state index in [0.29, 0.717) is 0 Å². The fraction of sp³-hybridized carbons (Fsp3) is 0.0952. The molecule has 33 heavy (non-hydrogen) atoms. The van der Waals surface area contributed by atoms with Crippen LogP contribution < -0.4 is 9.44 Å². The molecular formula is C21H18F2N2O6S2. The van der Waals surface area contributed by atoms with E-state index >= 15 is 0 Å². The van der Waals surface area contributed by atoms with Crippen LogP contribution >= 0.6 is 0 Å². The first-order valence-corrected chi connectivity index (χ1v) is 12.2. The predicted molar refractivity (Wildman–Crippen MR) is 117 cm³/mol. The Morgan fingerprint density at radius 3 is 2.15 bits per heavy atom. The lowest BCUT2D eigenvalue weighted by Crippen LogP contribution is -2.18. The van der Waals surface area contributed by atoms with Gasteiger partial charge in [-0.15, -0.1) is 0 Å². The number of sulfonamides is 2. The summed E-state index contributed by atoms with van der Waals surface area (Å²) in [7, 11) is -7.77. The van der Waals surface area contributed by atoms with E-state index in [1.54, 1.807) is 0 Å². The number of nitrogens with one attached hydrogen (secondary N) is 2. The van der Waals surface area contributed by atoms with Crippen molar-refractivity contribution in [2.75, 3.05) is 16.6 Å². The van der Waals surface area contributed by atoms with Gasteiger partial charge in [0.05, 0.1) is 28.9 Å². The molecule has 12 heteroatoms. The lowest BCUT2D eigenvalue weighted by Gasteiger charge is -2.14. The van der Waals surface area contributed by atoms with Crippen molar-refractivity contribution >= 4 is 37.4 Å². The number of hydrogen-bond donors (Lipinski definition) is 2. The molecule has 8 nitrogen and oxygen atoms in total. The molecule has 0 aliphatic carbocycles. The summed E-state index contributed by atoms with van der Waals surface area (Å²) < 4.78 is 87.9. The lowest BCUT2D eigenvalue weighted by molar-refractivity contribution is 0.0600. The van der Waals surface area contributed by atoms with Crippen LogP contribution in [-0.2, 0) is 24.8 Å². The quantitative estimate of drug-likeness (QED) is 0.482. The number of ether oxygens (including phenoxy) is 1. The van der Waals surface area contributed by atoms with Gasteiger partial charge in [-0.25, -0.2) is 30.4 Å². The Morgan fingerprint density at radius 2 is 1.48 bits per heavy atom. The molecule has 3 aromatic rings. The molecule has 0 bridgehead atoms. The number of carbonyl (C=O) groups excluding carboxylic acids is 1. The molecule has 0 spiro atoms. The Bertz CT molecular complexity index is 1440. The molecule has 0 heterocycles. The van der Waals surface area contributed by atoms with Gasteiger partial charge in [-0.2, -0.15) is 0 Å². The van der Waals surface area contributed by atoms with Gasteiger partial charge in [-0.05, 0) is 55.0 Å². The normalized spacial score (nSPS) is 11.6. The number of halogens is 2. The smallest absolute Gasteiger partial charge is 0.337 e. The highest BCUT2D eigenvalue weighted by Gasteiger charge is 2.24. The van der Waals surface area contributed by atoms with Crippen molar-refractivity contribution in [1.29, 1.82) is 0 Å². The van der Waals surface area contributed by atoms with Gasteiger partial charge in [0, 0.05) is 0 Å². The number of hydrogen-bond acceptors (Lipinski definition) is 6. The van der Waals surface area contributed by atoms with E-state index < -0.39 is 42.5 Å². The second kappa shape index (κ2) is 9.16. The van der Waals surface area contributed by atoms with E-state index in [1.807, 2.05) is 0 Å². The number of methoxy groups -OCH3 is 1. The van der Waals surface area contributed by atoms with Crippen LogP contribution in [0.1, 0.15) is 15.9 Å². The number of carbonyl (C=O) groups is 1. The van der Waals surface area contributed by atoms with Crippen molar-refractivity contribution in [2.24, 2.45) is 0 Å². The monoisotopic (exact) mass is 496 g/mol. The van der Waals surface area contributed by atoms with E-state index in [-0.39, 0.29) is 27.4 Å². The van der Waals surface area contributed by atoms with Crippen LogP contribution in [0, 0.1) is 18.6 Å². The SMILES string of the molecule is COC(=O)c1ccc(F)c(S(=O)(=O)Nc2ccc(C)c(S(=O)(=O)Nc3ccccc3F)c2)c1. The van der Waals surface area contributed by atoms with E-state index in [4.69, 9.17) is 0 Å². The van der Waals surface area contributed by atoms with Crippen LogP contribution in [0.5, 0.6) is 0 Å². The minimum absolute atomic E-state index is 0.194. The largest absolute Gasteiger partial charge is 0.465 e. The summed E-state index contributed by atoms with van der Waals surface area (Å²) in [5.74, 6) is -2.79. The molecule has 0 radical (unpaired) electrons. The van der Waals surface area contributed by atoms with Crippen molar-refractivity contribution in [3.05, 3.63) is 83.4 Å². The van der Waals surface area contributed by atoms with E-state index in [9.17, 15) is 30.4 Å². The predicted octanol–water partition coefficient (Wildman–Crippen LogP) is 3.66. The van der Waals surface area contributed by atoms with Crippen molar-refractivity contribution in [3.8, 4) is 0 Å². The average Bonchev–Trinajstić information content (AvgIpc) is 2.76. The standard InChI is InChI=1S/C21H18F2N2O6S2/c1-13-7-9-15(12-19(13)32(27,28)25-18-6-4-3-5-16(18)22)24-33(29,30)20-11-14(21(26)31-2)8-10-17(20)23/h3-12,24-25H,1-2H3. The van der Waals surface area contributed by atoms with Gasteiger partial charge in [-0.1, -0.05) is 18.2 Å². The molecular weight excluding hydrogens is 478 g/mol. The minimum Gasteiger partial charge on any atom is -0.465 e. The molecule has 0 amide bonds. The summed E-state index contributed by atoms with van der Waals surface area (Å²) >= 11 is 0. The third-order valence-corrected chi connectivity index (χ3v) is 7.39. The highest BCUT2D eigenvalue weighted by Crippen LogP contribution is 2.26. The highest BCUT2D eigenvalue weighted by molar-refractivity contribution is 7.93. The second-order valence-electron chi connectivity index (χ2n) is 6.81. The van der Waals surface area contributed by atoms with Crippen molar-refractivity contribution in [2.45, 2.75) is 16.7 Å². The van der Waals surface area contributed by atoms with Crippen LogP contribution in [0.3, 0.4) is 0 Å². The molecule has 3 rings (SSSR count). The maximum atomic E-state index is 14.2. The summed E-state index contributed by atoms with van der Waals surface area (Å²) in [6, 6.07) is 11.4. The van der Waals surface area contributed by atoms with Gasteiger partial charge in [0.2, 0.25) is 0 Å². The summed E-state index contributed by atoms with van der Waals surface area (Å²) in [6.45, 7) is 1.47. The number of benzene rings is 3. The lowest BCUT2D eigenvalue weighted by atomic mass is 10.2. The van der Waals surface area contributed by atoms with Crippen LogP contribution in [-0.4, -0.2) is 29.9 Å². The fourth-order valence-electron chi connectivity index (χ4n) is 2.86. The molecule has 0 saturated carbocycles. The van der Waals surface area contributed by atoms with Gasteiger partial charge in [0.25, 0.3) is 20.0 Å². The Kier molecular flexibility index (Phi) is 6.70.